The molecule has 3 rings (SSSR count). The van der Waals surface area contributed by atoms with E-state index in [0.29, 0.717) is 12.4 Å². The molecule has 7 heteroatoms. The van der Waals surface area contributed by atoms with Gasteiger partial charge in [0.05, 0.1) is 17.0 Å². The van der Waals surface area contributed by atoms with Gasteiger partial charge >= 0.3 is 0 Å². The maximum absolute atomic E-state index is 12.1. The van der Waals surface area contributed by atoms with Crippen LogP contribution < -0.4 is 4.74 Å². The van der Waals surface area contributed by atoms with Crippen molar-refractivity contribution in [3.8, 4) is 5.75 Å². The third-order valence-electron chi connectivity index (χ3n) is 4.02. The lowest BCUT2D eigenvalue weighted by Gasteiger charge is -2.12. The highest BCUT2D eigenvalue weighted by Gasteiger charge is 2.16. The van der Waals surface area contributed by atoms with Crippen LogP contribution in [0, 0.1) is 6.92 Å². The lowest BCUT2D eigenvalue weighted by Crippen LogP contribution is -2.22. The van der Waals surface area contributed by atoms with Crippen molar-refractivity contribution in [1.82, 2.24) is 9.29 Å². The fourth-order valence-electron chi connectivity index (χ4n) is 2.62. The number of aryl methyl sites for hydroxylation is 1. The molecule has 142 valence electrons. The van der Waals surface area contributed by atoms with Crippen LogP contribution in [0.3, 0.4) is 0 Å². The van der Waals surface area contributed by atoms with Crippen molar-refractivity contribution in [3.05, 3.63) is 60.3 Å². The van der Waals surface area contributed by atoms with Crippen LogP contribution >= 0.6 is 11.8 Å². The number of thioether (sulfide) groups is 1. The standard InChI is InChI=1S/C20H22N2O3S2/c1-15-14-20(18-6-4-5-7-19(18)21-15)26-13-12-25-16-8-10-17(11-9-16)27(23,24)22(2)3/h4-11,14H,12-13H2,1-3H3. The number of nitrogens with zero attached hydrogens (tertiary/aromatic N) is 2. The number of para-hydroxylation sites is 1. The number of sulfonamides is 1. The topological polar surface area (TPSA) is 59.5 Å². The highest BCUT2D eigenvalue weighted by Crippen LogP contribution is 2.28. The van der Waals surface area contributed by atoms with Gasteiger partial charge in [0.15, 0.2) is 0 Å². The van der Waals surface area contributed by atoms with Gasteiger partial charge in [0, 0.05) is 35.8 Å². The number of benzene rings is 2. The quantitative estimate of drug-likeness (QED) is 0.442. The minimum absolute atomic E-state index is 0.257. The van der Waals surface area contributed by atoms with Gasteiger partial charge in [0.1, 0.15) is 5.75 Å². The van der Waals surface area contributed by atoms with Crippen molar-refractivity contribution in [3.63, 3.8) is 0 Å². The third-order valence-corrected chi connectivity index (χ3v) is 6.87. The number of hydrogen-bond acceptors (Lipinski definition) is 5. The van der Waals surface area contributed by atoms with Crippen molar-refractivity contribution in [2.75, 3.05) is 26.5 Å². The Morgan fingerprint density at radius 2 is 1.78 bits per heavy atom. The van der Waals surface area contributed by atoms with E-state index in [1.165, 1.54) is 23.3 Å². The van der Waals surface area contributed by atoms with E-state index in [9.17, 15) is 8.42 Å². The molecule has 2 aromatic carbocycles. The second kappa shape index (κ2) is 8.29. The van der Waals surface area contributed by atoms with Crippen molar-refractivity contribution >= 4 is 32.7 Å². The van der Waals surface area contributed by atoms with Gasteiger partial charge in [-0.05, 0) is 43.3 Å². The van der Waals surface area contributed by atoms with Gasteiger partial charge in [-0.15, -0.1) is 11.8 Å². The maximum atomic E-state index is 12.1. The summed E-state index contributed by atoms with van der Waals surface area (Å²) < 4.78 is 31.1. The molecule has 0 aliphatic carbocycles. The van der Waals surface area contributed by atoms with Crippen molar-refractivity contribution < 1.29 is 13.2 Å². The van der Waals surface area contributed by atoms with Gasteiger partial charge in [-0.1, -0.05) is 18.2 Å². The molecule has 0 unspecified atom stereocenters. The lowest BCUT2D eigenvalue weighted by atomic mass is 10.2. The fraction of sp³-hybridized carbons (Fsp3) is 0.250. The summed E-state index contributed by atoms with van der Waals surface area (Å²) in [5, 5.41) is 1.14. The van der Waals surface area contributed by atoms with Gasteiger partial charge in [0.25, 0.3) is 0 Å². The average molecular weight is 403 g/mol. The Hall–Kier alpha value is -2.09. The summed E-state index contributed by atoms with van der Waals surface area (Å²) in [6.45, 7) is 2.52. The first-order valence-corrected chi connectivity index (χ1v) is 10.9. The molecular formula is C20H22N2O3S2. The first-order valence-electron chi connectivity index (χ1n) is 8.52. The maximum Gasteiger partial charge on any atom is 0.242 e. The van der Waals surface area contributed by atoms with Gasteiger partial charge in [-0.3, -0.25) is 4.98 Å². The number of ether oxygens (including phenoxy) is 1. The summed E-state index contributed by atoms with van der Waals surface area (Å²) in [6.07, 6.45) is 0. The Bertz CT molecular complexity index is 1030. The van der Waals surface area contributed by atoms with E-state index >= 15 is 0 Å². The number of hydrogen-bond donors (Lipinski definition) is 0. The van der Waals surface area contributed by atoms with E-state index in [2.05, 4.69) is 17.1 Å². The van der Waals surface area contributed by atoms with Crippen LogP contribution in [0.2, 0.25) is 0 Å². The number of fused-ring (bicyclic) bond motifs is 1. The second-order valence-corrected chi connectivity index (χ2v) is 9.52. The van der Waals surface area contributed by atoms with E-state index in [0.717, 1.165) is 22.3 Å². The van der Waals surface area contributed by atoms with E-state index in [4.69, 9.17) is 4.74 Å². The molecule has 0 spiro atoms. The molecule has 0 N–H and O–H groups in total. The predicted octanol–water partition coefficient (Wildman–Crippen LogP) is 3.96. The molecule has 0 saturated heterocycles. The Labute approximate surface area is 164 Å². The van der Waals surface area contributed by atoms with E-state index < -0.39 is 10.0 Å². The molecule has 0 radical (unpaired) electrons. The van der Waals surface area contributed by atoms with E-state index in [-0.39, 0.29) is 4.90 Å². The zero-order chi connectivity index (χ0) is 19.4. The van der Waals surface area contributed by atoms with E-state index in [1.54, 1.807) is 36.0 Å². The number of aromatic nitrogens is 1. The molecule has 0 atom stereocenters. The molecule has 27 heavy (non-hydrogen) atoms. The van der Waals surface area contributed by atoms with Crippen LogP contribution in [-0.2, 0) is 10.0 Å². The summed E-state index contributed by atoms with van der Waals surface area (Å²) in [6, 6.07) is 16.7. The number of rotatable bonds is 7. The van der Waals surface area contributed by atoms with Crippen molar-refractivity contribution in [2.45, 2.75) is 16.7 Å². The summed E-state index contributed by atoms with van der Waals surface area (Å²) in [5.74, 6) is 1.44. The largest absolute Gasteiger partial charge is 0.493 e. The van der Waals surface area contributed by atoms with Crippen molar-refractivity contribution in [1.29, 1.82) is 0 Å². The Kier molecular flexibility index (Phi) is 6.04. The molecule has 0 bridgehead atoms. The summed E-state index contributed by atoms with van der Waals surface area (Å²) >= 11 is 1.73. The highest BCUT2D eigenvalue weighted by atomic mass is 32.2. The molecule has 0 aliphatic rings. The Balaban J connectivity index is 1.60. The van der Waals surface area contributed by atoms with Crippen LogP contribution in [0.25, 0.3) is 10.9 Å². The molecule has 5 nitrogen and oxygen atoms in total. The van der Waals surface area contributed by atoms with E-state index in [1.807, 2.05) is 25.1 Å². The van der Waals surface area contributed by atoms with Gasteiger partial charge in [-0.2, -0.15) is 0 Å². The minimum atomic E-state index is -3.41. The van der Waals surface area contributed by atoms with Gasteiger partial charge < -0.3 is 4.74 Å². The molecular weight excluding hydrogens is 380 g/mol. The van der Waals surface area contributed by atoms with Crippen molar-refractivity contribution in [2.24, 2.45) is 0 Å². The summed E-state index contributed by atoms with van der Waals surface area (Å²) in [4.78, 5) is 6.00. The summed E-state index contributed by atoms with van der Waals surface area (Å²) in [5.41, 5.74) is 1.99. The molecule has 0 fully saturated rings. The highest BCUT2D eigenvalue weighted by molar-refractivity contribution is 7.99. The normalized spacial score (nSPS) is 11.9. The lowest BCUT2D eigenvalue weighted by molar-refractivity contribution is 0.343. The molecule has 3 aromatic rings. The van der Waals surface area contributed by atoms with Gasteiger partial charge in [0.2, 0.25) is 10.0 Å². The molecule has 0 saturated carbocycles. The van der Waals surface area contributed by atoms with Gasteiger partial charge in [-0.25, -0.2) is 12.7 Å². The zero-order valence-electron chi connectivity index (χ0n) is 15.5. The minimum Gasteiger partial charge on any atom is -0.493 e. The van der Waals surface area contributed by atoms with Crippen LogP contribution in [0.1, 0.15) is 5.69 Å². The van der Waals surface area contributed by atoms with Crippen LogP contribution in [0.4, 0.5) is 0 Å². The fourth-order valence-corrected chi connectivity index (χ4v) is 4.49. The van der Waals surface area contributed by atoms with Crippen LogP contribution in [-0.4, -0.2) is 44.2 Å². The first kappa shape index (κ1) is 19.7. The SMILES string of the molecule is Cc1cc(SCCOc2ccc(S(=O)(=O)N(C)C)cc2)c2ccccc2n1. The van der Waals surface area contributed by atoms with Crippen LogP contribution in [0.5, 0.6) is 5.75 Å². The Morgan fingerprint density at radius 3 is 2.48 bits per heavy atom. The Morgan fingerprint density at radius 1 is 1.07 bits per heavy atom. The zero-order valence-corrected chi connectivity index (χ0v) is 17.2. The first-order chi connectivity index (χ1) is 12.9. The molecule has 0 amide bonds. The molecule has 0 aliphatic heterocycles. The molecule has 1 aromatic heterocycles. The molecule has 1 heterocycles. The summed E-state index contributed by atoms with van der Waals surface area (Å²) in [7, 11) is -0.381. The van der Waals surface area contributed by atoms with Crippen LogP contribution in [0.15, 0.2) is 64.4 Å². The second-order valence-electron chi connectivity index (χ2n) is 6.23. The third kappa shape index (κ3) is 4.61. The monoisotopic (exact) mass is 402 g/mol. The average Bonchev–Trinajstić information content (AvgIpc) is 2.65. The predicted molar refractivity (Wildman–Crippen MR) is 110 cm³/mol. The smallest absolute Gasteiger partial charge is 0.242 e. The number of pyridine rings is 1.